The Hall–Kier alpha value is -1.79. The van der Waals surface area contributed by atoms with E-state index in [1.807, 2.05) is 43.4 Å². The first-order valence-corrected chi connectivity index (χ1v) is 6.44. The molecule has 18 heavy (non-hydrogen) atoms. The minimum Gasteiger partial charge on any atom is -0.369 e. The molecule has 0 unspecified atom stereocenters. The van der Waals surface area contributed by atoms with Gasteiger partial charge < -0.3 is 4.90 Å². The summed E-state index contributed by atoms with van der Waals surface area (Å²) in [6.07, 6.45) is 0. The van der Waals surface area contributed by atoms with Gasteiger partial charge in [0.15, 0.2) is 0 Å². The molecule has 0 bridgehead atoms. The van der Waals surface area contributed by atoms with E-state index in [2.05, 4.69) is 39.0 Å². The minimum atomic E-state index is 0.665. The van der Waals surface area contributed by atoms with Crippen molar-refractivity contribution in [2.75, 3.05) is 11.9 Å². The molecule has 2 rings (SSSR count). The van der Waals surface area contributed by atoms with Gasteiger partial charge in [-0.3, -0.25) is 0 Å². The van der Waals surface area contributed by atoms with Crippen molar-refractivity contribution in [3.8, 4) is 6.07 Å². The SMILES string of the molecule is CN(Cc1ccccc1)c1ccc(C#N)cc1Br. The molecule has 0 heterocycles. The van der Waals surface area contributed by atoms with E-state index >= 15 is 0 Å². The molecule has 0 aliphatic rings. The summed E-state index contributed by atoms with van der Waals surface area (Å²) in [5, 5.41) is 8.84. The van der Waals surface area contributed by atoms with Gasteiger partial charge in [0.25, 0.3) is 0 Å². The smallest absolute Gasteiger partial charge is 0.0992 e. The second-order valence-corrected chi connectivity index (χ2v) is 4.97. The van der Waals surface area contributed by atoms with Crippen LogP contribution in [0.5, 0.6) is 0 Å². The third-order valence-corrected chi connectivity index (χ3v) is 3.39. The Balaban J connectivity index is 2.19. The Kier molecular flexibility index (Phi) is 4.01. The molecule has 2 aromatic rings. The normalized spacial score (nSPS) is 9.83. The number of nitriles is 1. The highest BCUT2D eigenvalue weighted by Crippen LogP contribution is 2.27. The van der Waals surface area contributed by atoms with E-state index in [1.165, 1.54) is 5.56 Å². The van der Waals surface area contributed by atoms with E-state index in [4.69, 9.17) is 5.26 Å². The number of hydrogen-bond donors (Lipinski definition) is 0. The summed E-state index contributed by atoms with van der Waals surface area (Å²) in [6.45, 7) is 0.839. The fraction of sp³-hybridized carbons (Fsp3) is 0.133. The number of halogens is 1. The second kappa shape index (κ2) is 5.70. The minimum absolute atomic E-state index is 0.665. The number of anilines is 1. The van der Waals surface area contributed by atoms with Crippen LogP contribution in [0, 0.1) is 11.3 Å². The summed E-state index contributed by atoms with van der Waals surface area (Å²) in [4.78, 5) is 2.15. The van der Waals surface area contributed by atoms with Gasteiger partial charge in [-0.1, -0.05) is 30.3 Å². The molecule has 0 aliphatic heterocycles. The van der Waals surface area contributed by atoms with Gasteiger partial charge in [-0.25, -0.2) is 0 Å². The van der Waals surface area contributed by atoms with Crippen molar-refractivity contribution in [3.05, 3.63) is 64.1 Å². The zero-order valence-corrected chi connectivity index (χ0v) is 11.7. The van der Waals surface area contributed by atoms with Crippen molar-refractivity contribution in [2.45, 2.75) is 6.54 Å². The lowest BCUT2D eigenvalue weighted by Crippen LogP contribution is -2.16. The number of hydrogen-bond acceptors (Lipinski definition) is 2. The van der Waals surface area contributed by atoms with Crippen molar-refractivity contribution >= 4 is 21.6 Å². The Labute approximate surface area is 116 Å². The van der Waals surface area contributed by atoms with Gasteiger partial charge in [0.2, 0.25) is 0 Å². The Morgan fingerprint density at radius 3 is 2.50 bits per heavy atom. The van der Waals surface area contributed by atoms with Crippen LogP contribution in [0.1, 0.15) is 11.1 Å². The average molecular weight is 301 g/mol. The summed E-state index contributed by atoms with van der Waals surface area (Å²) in [7, 11) is 2.04. The molecule has 0 N–H and O–H groups in total. The number of nitrogens with zero attached hydrogens (tertiary/aromatic N) is 2. The van der Waals surface area contributed by atoms with Crippen molar-refractivity contribution in [1.29, 1.82) is 5.26 Å². The lowest BCUT2D eigenvalue weighted by atomic mass is 10.2. The molecule has 0 saturated carbocycles. The first-order chi connectivity index (χ1) is 8.70. The first kappa shape index (κ1) is 12.7. The molecule has 0 radical (unpaired) electrons. The van der Waals surface area contributed by atoms with Gasteiger partial charge in [0.05, 0.1) is 17.3 Å². The maximum Gasteiger partial charge on any atom is 0.0992 e. The molecule has 0 saturated heterocycles. The van der Waals surface area contributed by atoms with Crippen LogP contribution in [0.4, 0.5) is 5.69 Å². The second-order valence-electron chi connectivity index (χ2n) is 4.12. The predicted molar refractivity (Wildman–Crippen MR) is 77.4 cm³/mol. The van der Waals surface area contributed by atoms with E-state index in [0.717, 1.165) is 16.7 Å². The molecular weight excluding hydrogens is 288 g/mol. The van der Waals surface area contributed by atoms with Crippen LogP contribution in [0.25, 0.3) is 0 Å². The largest absolute Gasteiger partial charge is 0.369 e. The molecule has 2 aromatic carbocycles. The van der Waals surface area contributed by atoms with Crippen LogP contribution < -0.4 is 4.90 Å². The van der Waals surface area contributed by atoms with Gasteiger partial charge in [-0.05, 0) is 39.7 Å². The third kappa shape index (κ3) is 2.91. The fourth-order valence-corrected chi connectivity index (χ4v) is 2.51. The summed E-state index contributed by atoms with van der Waals surface area (Å²) in [5.74, 6) is 0. The topological polar surface area (TPSA) is 27.0 Å². The number of benzene rings is 2. The number of rotatable bonds is 3. The molecule has 0 aromatic heterocycles. The molecule has 90 valence electrons. The van der Waals surface area contributed by atoms with Gasteiger partial charge in [0, 0.05) is 18.1 Å². The van der Waals surface area contributed by atoms with Gasteiger partial charge in [-0.15, -0.1) is 0 Å². The lowest BCUT2D eigenvalue weighted by molar-refractivity contribution is 0.920. The monoisotopic (exact) mass is 300 g/mol. The van der Waals surface area contributed by atoms with Gasteiger partial charge in [-0.2, -0.15) is 5.26 Å². The zero-order chi connectivity index (χ0) is 13.0. The van der Waals surface area contributed by atoms with E-state index in [1.54, 1.807) is 0 Å². The van der Waals surface area contributed by atoms with Crippen LogP contribution in [-0.2, 0) is 6.54 Å². The predicted octanol–water partition coefficient (Wildman–Crippen LogP) is 3.96. The quantitative estimate of drug-likeness (QED) is 0.858. The lowest BCUT2D eigenvalue weighted by Gasteiger charge is -2.21. The standard InChI is InChI=1S/C15H13BrN2/c1-18(11-12-5-3-2-4-6-12)15-8-7-13(10-17)9-14(15)16/h2-9H,11H2,1H3. The summed E-state index contributed by atoms with van der Waals surface area (Å²) in [6, 6.07) is 18.1. The summed E-state index contributed by atoms with van der Waals surface area (Å²) in [5.41, 5.74) is 3.01. The van der Waals surface area contributed by atoms with E-state index in [0.29, 0.717) is 5.56 Å². The molecular formula is C15H13BrN2. The maximum atomic E-state index is 8.84. The van der Waals surface area contributed by atoms with Gasteiger partial charge >= 0.3 is 0 Å². The maximum absolute atomic E-state index is 8.84. The molecule has 3 heteroatoms. The van der Waals surface area contributed by atoms with Crippen molar-refractivity contribution in [2.24, 2.45) is 0 Å². The highest BCUT2D eigenvalue weighted by atomic mass is 79.9. The highest BCUT2D eigenvalue weighted by molar-refractivity contribution is 9.10. The molecule has 0 atom stereocenters. The Morgan fingerprint density at radius 2 is 1.89 bits per heavy atom. The van der Waals surface area contributed by atoms with Gasteiger partial charge in [0.1, 0.15) is 0 Å². The highest BCUT2D eigenvalue weighted by Gasteiger charge is 2.07. The van der Waals surface area contributed by atoms with E-state index in [9.17, 15) is 0 Å². The third-order valence-electron chi connectivity index (χ3n) is 2.75. The molecule has 2 nitrogen and oxygen atoms in total. The Bertz CT molecular complexity index is 573. The van der Waals surface area contributed by atoms with E-state index in [-0.39, 0.29) is 0 Å². The van der Waals surface area contributed by atoms with Crippen LogP contribution in [-0.4, -0.2) is 7.05 Å². The molecule has 0 fully saturated rings. The van der Waals surface area contributed by atoms with Crippen LogP contribution in [0.2, 0.25) is 0 Å². The van der Waals surface area contributed by atoms with Crippen molar-refractivity contribution in [1.82, 2.24) is 0 Å². The molecule has 0 aliphatic carbocycles. The van der Waals surface area contributed by atoms with Crippen molar-refractivity contribution < 1.29 is 0 Å². The van der Waals surface area contributed by atoms with Crippen LogP contribution >= 0.6 is 15.9 Å². The Morgan fingerprint density at radius 1 is 1.17 bits per heavy atom. The molecule has 0 spiro atoms. The van der Waals surface area contributed by atoms with Crippen molar-refractivity contribution in [3.63, 3.8) is 0 Å². The van der Waals surface area contributed by atoms with E-state index < -0.39 is 0 Å². The molecule has 0 amide bonds. The fourth-order valence-electron chi connectivity index (χ4n) is 1.83. The average Bonchev–Trinajstić information content (AvgIpc) is 2.39. The van der Waals surface area contributed by atoms with Crippen LogP contribution in [0.15, 0.2) is 53.0 Å². The van der Waals surface area contributed by atoms with Crippen LogP contribution in [0.3, 0.4) is 0 Å². The zero-order valence-electron chi connectivity index (χ0n) is 10.1. The first-order valence-electron chi connectivity index (χ1n) is 5.65. The summed E-state index contributed by atoms with van der Waals surface area (Å²) >= 11 is 3.51. The summed E-state index contributed by atoms with van der Waals surface area (Å²) < 4.78 is 0.944.